The van der Waals surface area contributed by atoms with Crippen LogP contribution in [0.2, 0.25) is 0 Å². The number of nitrogens with one attached hydrogen (secondary N) is 1. The summed E-state index contributed by atoms with van der Waals surface area (Å²) in [6, 6.07) is 10.9. The minimum Gasteiger partial charge on any atom is -0.504 e. The number of amides is 3. The Kier molecular flexibility index (Phi) is 5.08. The van der Waals surface area contributed by atoms with Gasteiger partial charge in [-0.05, 0) is 62.1 Å². The Morgan fingerprint density at radius 1 is 1.21 bits per heavy atom. The molecule has 2 atom stereocenters. The molecule has 33 heavy (non-hydrogen) atoms. The predicted molar refractivity (Wildman–Crippen MR) is 125 cm³/mol. The molecule has 1 saturated heterocycles. The van der Waals surface area contributed by atoms with Crippen molar-refractivity contribution < 1.29 is 19.4 Å². The fraction of sp³-hybridized carbons (Fsp3) is 0.320. The molecule has 2 aliphatic heterocycles. The van der Waals surface area contributed by atoms with Gasteiger partial charge in [-0.25, -0.2) is 4.79 Å². The molecule has 0 aromatic heterocycles. The summed E-state index contributed by atoms with van der Waals surface area (Å²) >= 11 is 0. The van der Waals surface area contributed by atoms with Crippen LogP contribution in [-0.4, -0.2) is 48.0 Å². The number of urea groups is 1. The van der Waals surface area contributed by atoms with Crippen LogP contribution in [0.3, 0.4) is 0 Å². The molecule has 2 aromatic carbocycles. The van der Waals surface area contributed by atoms with Crippen molar-refractivity contribution in [1.29, 1.82) is 0 Å². The molecule has 3 amide bonds. The molecule has 5 rings (SSSR count). The van der Waals surface area contributed by atoms with Crippen molar-refractivity contribution in [3.63, 3.8) is 0 Å². The fourth-order valence-corrected chi connectivity index (χ4v) is 5.03. The number of piperidine rings is 1. The quantitative estimate of drug-likeness (QED) is 0.752. The lowest BCUT2D eigenvalue weighted by Gasteiger charge is -2.27. The van der Waals surface area contributed by atoms with Gasteiger partial charge >= 0.3 is 6.03 Å². The molecule has 0 spiro atoms. The zero-order valence-corrected chi connectivity index (χ0v) is 18.8. The predicted octanol–water partition coefficient (Wildman–Crippen LogP) is 3.68. The Morgan fingerprint density at radius 3 is 2.61 bits per heavy atom. The molecule has 2 heterocycles. The number of phenols is 1. The zero-order valence-electron chi connectivity index (χ0n) is 18.8. The number of hydrogen-bond acceptors (Lipinski definition) is 5. The molecule has 8 heteroatoms. The number of nitrogens with zero attached hydrogens (tertiary/aromatic N) is 3. The highest BCUT2D eigenvalue weighted by Gasteiger charge is 2.45. The van der Waals surface area contributed by atoms with Crippen molar-refractivity contribution in [2.24, 2.45) is 11.0 Å². The first kappa shape index (κ1) is 21.1. The third-order valence-corrected chi connectivity index (χ3v) is 6.69. The summed E-state index contributed by atoms with van der Waals surface area (Å²) in [4.78, 5) is 27.1. The molecule has 2 unspecified atom stereocenters. The summed E-state index contributed by atoms with van der Waals surface area (Å²) in [6.07, 6.45) is 4.80. The van der Waals surface area contributed by atoms with E-state index in [-0.39, 0.29) is 29.6 Å². The standard InChI is InChI=1S/C25H26N4O4/c1-14-10-17-12-22(33-3)21(30)13-20(17)23(27-29(14)25(32)26-2)15-4-7-18(8-5-15)28-19-9-6-16(11-19)24(28)31/h4-5,7-8,10,12-13,16,19,30H,6,9,11H2,1-3H3,(H,26,32). The van der Waals surface area contributed by atoms with E-state index in [9.17, 15) is 14.7 Å². The van der Waals surface area contributed by atoms with Crippen LogP contribution in [0.5, 0.6) is 11.5 Å². The number of hydrogen-bond donors (Lipinski definition) is 2. The van der Waals surface area contributed by atoms with Crippen molar-refractivity contribution in [2.45, 2.75) is 32.2 Å². The first-order chi connectivity index (χ1) is 15.9. The van der Waals surface area contributed by atoms with E-state index in [0.717, 1.165) is 36.1 Å². The number of fused-ring (bicyclic) bond motifs is 3. The molecule has 2 N–H and O–H groups in total. The molecular weight excluding hydrogens is 420 g/mol. The van der Waals surface area contributed by atoms with Crippen molar-refractivity contribution in [3.05, 3.63) is 58.8 Å². The maximum atomic E-state index is 12.7. The van der Waals surface area contributed by atoms with Crippen LogP contribution in [0.15, 0.2) is 47.2 Å². The van der Waals surface area contributed by atoms with Gasteiger partial charge in [-0.15, -0.1) is 0 Å². The highest BCUT2D eigenvalue weighted by molar-refractivity contribution is 6.16. The van der Waals surface area contributed by atoms with Gasteiger partial charge in [0.25, 0.3) is 0 Å². The number of carbonyl (C=O) groups is 2. The van der Waals surface area contributed by atoms with E-state index in [1.807, 2.05) is 35.2 Å². The lowest BCUT2D eigenvalue weighted by atomic mass is 9.96. The molecule has 2 aromatic rings. The minimum atomic E-state index is -0.374. The minimum absolute atomic E-state index is 0.0151. The smallest absolute Gasteiger partial charge is 0.342 e. The van der Waals surface area contributed by atoms with Crippen molar-refractivity contribution >= 4 is 29.4 Å². The van der Waals surface area contributed by atoms with E-state index >= 15 is 0 Å². The molecule has 1 saturated carbocycles. The summed E-state index contributed by atoms with van der Waals surface area (Å²) in [7, 11) is 3.04. The van der Waals surface area contributed by atoms with Gasteiger partial charge in [-0.2, -0.15) is 10.1 Å². The highest BCUT2D eigenvalue weighted by atomic mass is 16.5. The number of methoxy groups -OCH3 is 1. The highest BCUT2D eigenvalue weighted by Crippen LogP contribution is 2.41. The average Bonchev–Trinajstić information content (AvgIpc) is 3.38. The number of aromatic hydroxyl groups is 1. The average molecular weight is 447 g/mol. The topological polar surface area (TPSA) is 94.5 Å². The summed E-state index contributed by atoms with van der Waals surface area (Å²) in [6.45, 7) is 1.79. The fourth-order valence-electron chi connectivity index (χ4n) is 5.03. The van der Waals surface area contributed by atoms with Crippen LogP contribution < -0.4 is 15.0 Å². The second-order valence-corrected chi connectivity index (χ2v) is 8.63. The van der Waals surface area contributed by atoms with Crippen LogP contribution >= 0.6 is 0 Å². The van der Waals surface area contributed by atoms with Crippen LogP contribution in [-0.2, 0) is 4.79 Å². The normalized spacial score (nSPS) is 21.4. The first-order valence-electron chi connectivity index (χ1n) is 11.0. The van der Waals surface area contributed by atoms with Gasteiger partial charge in [0.2, 0.25) is 5.91 Å². The summed E-state index contributed by atoms with van der Waals surface area (Å²) in [5, 5.41) is 19.0. The molecule has 2 bridgehead atoms. The van der Waals surface area contributed by atoms with Gasteiger partial charge in [0, 0.05) is 41.5 Å². The number of allylic oxidation sites excluding steroid dienone is 1. The molecule has 170 valence electrons. The van der Waals surface area contributed by atoms with E-state index < -0.39 is 0 Å². The van der Waals surface area contributed by atoms with E-state index in [0.29, 0.717) is 22.7 Å². The zero-order chi connectivity index (χ0) is 23.3. The SMILES string of the molecule is CNC(=O)N1N=C(c2ccc(N3C(=O)C4CCC3C4)cc2)c2cc(O)c(OC)cc2C=C1C. The van der Waals surface area contributed by atoms with Crippen molar-refractivity contribution in [2.75, 3.05) is 19.1 Å². The van der Waals surface area contributed by atoms with Gasteiger partial charge in [0.15, 0.2) is 11.5 Å². The summed E-state index contributed by atoms with van der Waals surface area (Å²) in [5.74, 6) is 0.682. The van der Waals surface area contributed by atoms with E-state index in [4.69, 9.17) is 4.74 Å². The third kappa shape index (κ3) is 3.42. The number of rotatable bonds is 3. The van der Waals surface area contributed by atoms with Gasteiger partial charge in [-0.3, -0.25) is 4.79 Å². The van der Waals surface area contributed by atoms with Gasteiger partial charge in [0.05, 0.1) is 12.8 Å². The Balaban J connectivity index is 1.59. The van der Waals surface area contributed by atoms with Crippen LogP contribution in [0.25, 0.3) is 6.08 Å². The Labute approximate surface area is 192 Å². The monoisotopic (exact) mass is 446 g/mol. The third-order valence-electron chi connectivity index (χ3n) is 6.69. The van der Waals surface area contributed by atoms with Gasteiger partial charge in [-0.1, -0.05) is 12.1 Å². The van der Waals surface area contributed by atoms with Crippen LogP contribution in [0.4, 0.5) is 10.5 Å². The Bertz CT molecular complexity index is 1200. The Morgan fingerprint density at radius 2 is 1.97 bits per heavy atom. The number of hydrazone groups is 1. The second kappa shape index (κ2) is 7.95. The van der Waals surface area contributed by atoms with Crippen LogP contribution in [0.1, 0.15) is 42.9 Å². The maximum Gasteiger partial charge on any atom is 0.342 e. The molecule has 3 aliphatic rings. The summed E-state index contributed by atoms with van der Waals surface area (Å²) < 4.78 is 5.28. The van der Waals surface area contributed by atoms with E-state index in [1.165, 1.54) is 12.1 Å². The second-order valence-electron chi connectivity index (χ2n) is 8.63. The lowest BCUT2D eigenvalue weighted by Crippen LogP contribution is -2.36. The largest absolute Gasteiger partial charge is 0.504 e. The van der Waals surface area contributed by atoms with E-state index in [2.05, 4.69) is 10.4 Å². The molecule has 1 aliphatic carbocycles. The Hall–Kier alpha value is -3.81. The number of anilines is 1. The van der Waals surface area contributed by atoms with E-state index in [1.54, 1.807) is 26.1 Å². The molecule has 2 fully saturated rings. The number of phenolic OH excluding ortho intramolecular Hbond substituents is 1. The van der Waals surface area contributed by atoms with Crippen molar-refractivity contribution in [3.8, 4) is 11.5 Å². The number of benzene rings is 2. The van der Waals surface area contributed by atoms with Gasteiger partial charge in [0.1, 0.15) is 0 Å². The lowest BCUT2D eigenvalue weighted by molar-refractivity contribution is -0.121. The van der Waals surface area contributed by atoms with Crippen molar-refractivity contribution in [1.82, 2.24) is 10.3 Å². The molecule has 8 nitrogen and oxygen atoms in total. The van der Waals surface area contributed by atoms with Gasteiger partial charge < -0.3 is 20.1 Å². The molecule has 0 radical (unpaired) electrons. The number of ether oxygens (including phenoxy) is 1. The maximum absolute atomic E-state index is 12.7. The molecular formula is C25H26N4O4. The number of carbonyl (C=O) groups excluding carboxylic acids is 2. The first-order valence-corrected chi connectivity index (χ1v) is 11.0. The van der Waals surface area contributed by atoms with Crippen LogP contribution in [0, 0.1) is 5.92 Å². The summed E-state index contributed by atoms with van der Waals surface area (Å²) in [5.41, 5.74) is 4.22.